The highest BCUT2D eigenvalue weighted by Crippen LogP contribution is 2.14. The second-order valence-corrected chi connectivity index (χ2v) is 9.90. The normalized spacial score (nSPS) is 12.9. The molecule has 1 N–H and O–H groups in total. The van der Waals surface area contributed by atoms with Gasteiger partial charge in [0, 0.05) is 12.8 Å². The number of carboxylic acids is 1. The highest BCUT2D eigenvalue weighted by Gasteiger charge is 2.11. The van der Waals surface area contributed by atoms with Crippen molar-refractivity contribution in [3.05, 3.63) is 48.6 Å². The second kappa shape index (κ2) is 28.5. The molecule has 0 aromatic heterocycles. The highest BCUT2D eigenvalue weighted by molar-refractivity contribution is 5.69. The van der Waals surface area contributed by atoms with Crippen LogP contribution >= 0.6 is 0 Å². The summed E-state index contributed by atoms with van der Waals surface area (Å²) in [6.45, 7) is 4.35. The zero-order chi connectivity index (χ0) is 27.2. The summed E-state index contributed by atoms with van der Waals surface area (Å²) >= 11 is 0. The van der Waals surface area contributed by atoms with Crippen LogP contribution in [0.4, 0.5) is 0 Å². The van der Waals surface area contributed by atoms with E-state index in [-0.39, 0.29) is 18.5 Å². The van der Waals surface area contributed by atoms with Crippen molar-refractivity contribution in [1.29, 1.82) is 0 Å². The van der Waals surface area contributed by atoms with Crippen LogP contribution in [0.25, 0.3) is 0 Å². The predicted molar refractivity (Wildman–Crippen MR) is 158 cm³/mol. The molecule has 0 aliphatic heterocycles. The number of ether oxygens (including phenoxy) is 1. The zero-order valence-corrected chi connectivity index (χ0v) is 24.0. The summed E-state index contributed by atoms with van der Waals surface area (Å²) in [6.07, 6.45) is 37.1. The van der Waals surface area contributed by atoms with E-state index < -0.39 is 5.97 Å². The van der Waals surface area contributed by atoms with Crippen molar-refractivity contribution in [3.63, 3.8) is 0 Å². The van der Waals surface area contributed by atoms with Gasteiger partial charge in [-0.15, -0.1) is 0 Å². The molecule has 1 atom stereocenters. The molecule has 37 heavy (non-hydrogen) atoms. The van der Waals surface area contributed by atoms with E-state index >= 15 is 0 Å². The molecule has 0 amide bonds. The third-order valence-electron chi connectivity index (χ3n) is 6.27. The number of esters is 1. The Morgan fingerprint density at radius 3 is 1.92 bits per heavy atom. The molecular weight excluding hydrogens is 460 g/mol. The molecule has 0 saturated carbocycles. The van der Waals surface area contributed by atoms with E-state index in [1.165, 1.54) is 38.5 Å². The molecule has 0 radical (unpaired) electrons. The van der Waals surface area contributed by atoms with Crippen LogP contribution in [0.5, 0.6) is 0 Å². The molecule has 0 saturated heterocycles. The number of hydrogen-bond acceptors (Lipinski definition) is 3. The van der Waals surface area contributed by atoms with Crippen molar-refractivity contribution in [3.8, 4) is 0 Å². The molecule has 0 rings (SSSR count). The van der Waals surface area contributed by atoms with Crippen LogP contribution in [0.3, 0.4) is 0 Å². The van der Waals surface area contributed by atoms with E-state index in [1.54, 1.807) is 0 Å². The third kappa shape index (κ3) is 28.3. The fraction of sp³-hybridized carbons (Fsp3) is 0.697. The number of hydrogen-bond donors (Lipinski definition) is 1. The molecule has 4 heteroatoms. The van der Waals surface area contributed by atoms with Gasteiger partial charge in [-0.2, -0.15) is 0 Å². The van der Waals surface area contributed by atoms with Crippen molar-refractivity contribution in [1.82, 2.24) is 0 Å². The van der Waals surface area contributed by atoms with Crippen LogP contribution in [0.1, 0.15) is 142 Å². The Bertz CT molecular complexity index is 645. The van der Waals surface area contributed by atoms with Crippen LogP contribution in [-0.2, 0) is 14.3 Å². The summed E-state index contributed by atoms with van der Waals surface area (Å²) in [4.78, 5) is 23.0. The van der Waals surface area contributed by atoms with Gasteiger partial charge in [0.1, 0.15) is 6.10 Å². The maximum absolute atomic E-state index is 12.4. The molecule has 0 fully saturated rings. The minimum atomic E-state index is -0.728. The smallest absolute Gasteiger partial charge is 0.306 e. The van der Waals surface area contributed by atoms with E-state index in [0.717, 1.165) is 77.0 Å². The van der Waals surface area contributed by atoms with Crippen LogP contribution in [-0.4, -0.2) is 23.1 Å². The van der Waals surface area contributed by atoms with E-state index in [9.17, 15) is 9.59 Å². The van der Waals surface area contributed by atoms with Gasteiger partial charge in [0.15, 0.2) is 0 Å². The minimum Gasteiger partial charge on any atom is -0.481 e. The van der Waals surface area contributed by atoms with Gasteiger partial charge in [0.05, 0.1) is 0 Å². The van der Waals surface area contributed by atoms with E-state index in [0.29, 0.717) is 6.42 Å². The van der Waals surface area contributed by atoms with Crippen molar-refractivity contribution < 1.29 is 19.4 Å². The Morgan fingerprint density at radius 1 is 0.649 bits per heavy atom. The Balaban J connectivity index is 3.98. The maximum Gasteiger partial charge on any atom is 0.306 e. The summed E-state index contributed by atoms with van der Waals surface area (Å²) in [5, 5.41) is 8.75. The van der Waals surface area contributed by atoms with Gasteiger partial charge in [0.25, 0.3) is 0 Å². The lowest BCUT2D eigenvalue weighted by Gasteiger charge is -2.15. The number of aliphatic carboxylic acids is 1. The first-order valence-electron chi connectivity index (χ1n) is 15.1. The standard InChI is InChI=1S/C33H56O4/c1-3-5-7-9-10-11-12-13-14-15-16-17-18-20-26-30-33(36)37-31(27-23-19-8-6-4-2)28-24-21-22-25-29-32(34)35/h5,7,10-11,13-14,23,27,31H,3-4,6,8-9,12,15-22,24-26,28-30H2,1-2H3,(H,34,35)/b7-5-,11-10-,14-13-,27-23-. The lowest BCUT2D eigenvalue weighted by molar-refractivity contribution is -0.147. The molecule has 0 aliphatic rings. The molecule has 0 aliphatic carbocycles. The first-order valence-corrected chi connectivity index (χ1v) is 15.1. The Hall–Kier alpha value is -2.10. The quantitative estimate of drug-likeness (QED) is 0.0705. The third-order valence-corrected chi connectivity index (χ3v) is 6.27. The predicted octanol–water partition coefficient (Wildman–Crippen LogP) is 10.0. The van der Waals surface area contributed by atoms with E-state index in [1.807, 2.05) is 0 Å². The molecule has 212 valence electrons. The maximum atomic E-state index is 12.4. The van der Waals surface area contributed by atoms with Gasteiger partial charge >= 0.3 is 11.9 Å². The zero-order valence-electron chi connectivity index (χ0n) is 24.0. The molecule has 0 heterocycles. The van der Waals surface area contributed by atoms with Gasteiger partial charge in [-0.05, 0) is 76.7 Å². The van der Waals surface area contributed by atoms with Crippen LogP contribution in [0, 0.1) is 0 Å². The first kappa shape index (κ1) is 34.9. The Labute approximate surface area is 228 Å². The van der Waals surface area contributed by atoms with E-state index in [4.69, 9.17) is 9.84 Å². The number of unbranched alkanes of at least 4 members (excludes halogenated alkanes) is 11. The van der Waals surface area contributed by atoms with Gasteiger partial charge in [-0.25, -0.2) is 0 Å². The summed E-state index contributed by atoms with van der Waals surface area (Å²) in [7, 11) is 0. The highest BCUT2D eigenvalue weighted by atomic mass is 16.5. The number of rotatable bonds is 26. The van der Waals surface area contributed by atoms with Gasteiger partial charge in [-0.1, -0.05) is 101 Å². The molecule has 0 aromatic rings. The van der Waals surface area contributed by atoms with Crippen molar-refractivity contribution in [2.75, 3.05) is 0 Å². The summed E-state index contributed by atoms with van der Waals surface area (Å²) in [6, 6.07) is 0. The second-order valence-electron chi connectivity index (χ2n) is 9.90. The average Bonchev–Trinajstić information content (AvgIpc) is 2.87. The summed E-state index contributed by atoms with van der Waals surface area (Å²) in [5.41, 5.74) is 0. The van der Waals surface area contributed by atoms with Gasteiger partial charge in [0.2, 0.25) is 0 Å². The topological polar surface area (TPSA) is 63.6 Å². The van der Waals surface area contributed by atoms with Crippen LogP contribution in [0.15, 0.2) is 48.6 Å². The minimum absolute atomic E-state index is 0.0877. The Morgan fingerprint density at radius 2 is 1.22 bits per heavy atom. The number of carboxylic acid groups (broad SMARTS) is 1. The van der Waals surface area contributed by atoms with Crippen molar-refractivity contribution in [2.24, 2.45) is 0 Å². The van der Waals surface area contributed by atoms with Gasteiger partial charge < -0.3 is 9.84 Å². The molecule has 1 unspecified atom stereocenters. The fourth-order valence-corrected chi connectivity index (χ4v) is 4.05. The molecule has 0 spiro atoms. The summed E-state index contributed by atoms with van der Waals surface area (Å²) < 4.78 is 5.78. The molecule has 0 aromatic carbocycles. The fourth-order valence-electron chi connectivity index (χ4n) is 4.05. The first-order chi connectivity index (χ1) is 18.1. The lowest BCUT2D eigenvalue weighted by atomic mass is 10.1. The van der Waals surface area contributed by atoms with Gasteiger partial charge in [-0.3, -0.25) is 9.59 Å². The summed E-state index contributed by atoms with van der Waals surface area (Å²) in [5.74, 6) is -0.816. The monoisotopic (exact) mass is 516 g/mol. The van der Waals surface area contributed by atoms with Crippen molar-refractivity contribution in [2.45, 2.75) is 148 Å². The lowest BCUT2D eigenvalue weighted by Crippen LogP contribution is -2.16. The molecular formula is C33H56O4. The largest absolute Gasteiger partial charge is 0.481 e. The molecule has 4 nitrogen and oxygen atoms in total. The van der Waals surface area contributed by atoms with Crippen LogP contribution < -0.4 is 0 Å². The number of carbonyl (C=O) groups is 2. The Kier molecular flexibility index (Phi) is 26.9. The van der Waals surface area contributed by atoms with E-state index in [2.05, 4.69) is 62.5 Å². The van der Waals surface area contributed by atoms with Crippen molar-refractivity contribution >= 4 is 11.9 Å². The average molecular weight is 517 g/mol. The van der Waals surface area contributed by atoms with Crippen LogP contribution in [0.2, 0.25) is 0 Å². The SMILES string of the molecule is CC/C=C\C/C=C\C/C=C\CCCCCCCC(=O)OC(/C=C\CCCCC)CCCCCCC(=O)O. The molecule has 0 bridgehead atoms. The number of allylic oxidation sites excluding steroid dienone is 7. The number of carbonyl (C=O) groups excluding carboxylic acids is 1.